The van der Waals surface area contributed by atoms with Crippen LogP contribution in [0.3, 0.4) is 0 Å². The monoisotopic (exact) mass is 279 g/mol. The lowest BCUT2D eigenvalue weighted by Crippen LogP contribution is -2.56. The fraction of sp³-hybridized carbons (Fsp3) is 0.467. The molecule has 1 amide bonds. The number of nitrogens with one attached hydrogen (secondary N) is 1. The predicted octanol–water partition coefficient (Wildman–Crippen LogP) is 2.50. The first-order valence-electron chi connectivity index (χ1n) is 6.47. The van der Waals surface area contributed by atoms with Gasteiger partial charge in [-0.05, 0) is 18.4 Å². The number of ether oxygens (including phenoxy) is 2. The third-order valence-corrected chi connectivity index (χ3v) is 3.34. The van der Waals surface area contributed by atoms with E-state index in [9.17, 15) is 9.59 Å². The lowest BCUT2D eigenvalue weighted by Gasteiger charge is -2.31. The van der Waals surface area contributed by atoms with Crippen molar-refractivity contribution in [3.8, 4) is 0 Å². The van der Waals surface area contributed by atoms with Crippen LogP contribution in [0.2, 0.25) is 0 Å². The van der Waals surface area contributed by atoms with Crippen LogP contribution in [0.4, 0.5) is 4.79 Å². The molecule has 0 aromatic heterocycles. The second kappa shape index (κ2) is 6.93. The van der Waals surface area contributed by atoms with Gasteiger partial charge in [0.05, 0.1) is 7.11 Å². The lowest BCUT2D eigenvalue weighted by molar-refractivity contribution is -0.149. The van der Waals surface area contributed by atoms with Crippen molar-refractivity contribution in [1.82, 2.24) is 5.32 Å². The van der Waals surface area contributed by atoms with Gasteiger partial charge in [0.1, 0.15) is 12.1 Å². The Morgan fingerprint density at radius 1 is 1.25 bits per heavy atom. The standard InChI is InChI=1S/C15H21NO4/c1-11(2)15(3,13(17)19-4)16-14(18)20-10-12-8-6-5-7-9-12/h5-9,11H,10H2,1-4H3,(H,16,18)/t15-/m0/s1. The number of alkyl carbamates (subject to hydrolysis) is 1. The summed E-state index contributed by atoms with van der Waals surface area (Å²) in [5.74, 6) is -0.622. The van der Waals surface area contributed by atoms with E-state index >= 15 is 0 Å². The first kappa shape index (κ1) is 16.0. The summed E-state index contributed by atoms with van der Waals surface area (Å²) >= 11 is 0. The summed E-state index contributed by atoms with van der Waals surface area (Å²) in [5.41, 5.74) is -0.227. The maximum atomic E-state index is 11.8. The van der Waals surface area contributed by atoms with Crippen LogP contribution in [0.25, 0.3) is 0 Å². The second-order valence-electron chi connectivity index (χ2n) is 5.04. The molecule has 0 heterocycles. The van der Waals surface area contributed by atoms with Crippen LogP contribution in [-0.2, 0) is 20.9 Å². The van der Waals surface area contributed by atoms with Crippen LogP contribution in [0.1, 0.15) is 26.3 Å². The molecule has 20 heavy (non-hydrogen) atoms. The van der Waals surface area contributed by atoms with Crippen molar-refractivity contribution in [2.75, 3.05) is 7.11 Å². The zero-order valence-corrected chi connectivity index (χ0v) is 12.3. The van der Waals surface area contributed by atoms with Gasteiger partial charge < -0.3 is 14.8 Å². The van der Waals surface area contributed by atoms with Crippen molar-refractivity contribution in [1.29, 1.82) is 0 Å². The van der Waals surface area contributed by atoms with Crippen molar-refractivity contribution in [2.24, 2.45) is 5.92 Å². The molecule has 0 fully saturated rings. The number of amides is 1. The molecule has 1 aromatic carbocycles. The lowest BCUT2D eigenvalue weighted by atomic mass is 9.89. The number of carbonyl (C=O) groups excluding carboxylic acids is 2. The number of esters is 1. The highest BCUT2D eigenvalue weighted by Gasteiger charge is 2.39. The normalized spacial score (nSPS) is 13.4. The highest BCUT2D eigenvalue weighted by molar-refractivity contribution is 5.85. The van der Waals surface area contributed by atoms with Crippen LogP contribution in [-0.4, -0.2) is 24.7 Å². The van der Waals surface area contributed by atoms with Crippen molar-refractivity contribution >= 4 is 12.1 Å². The fourth-order valence-electron chi connectivity index (χ4n) is 1.61. The first-order chi connectivity index (χ1) is 9.40. The van der Waals surface area contributed by atoms with E-state index in [-0.39, 0.29) is 12.5 Å². The van der Waals surface area contributed by atoms with E-state index in [1.807, 2.05) is 44.2 Å². The van der Waals surface area contributed by atoms with Crippen molar-refractivity contribution < 1.29 is 19.1 Å². The van der Waals surface area contributed by atoms with Gasteiger partial charge in [0, 0.05) is 0 Å². The summed E-state index contributed by atoms with van der Waals surface area (Å²) in [5, 5.41) is 2.58. The number of carbonyl (C=O) groups is 2. The summed E-state index contributed by atoms with van der Waals surface area (Å²) in [7, 11) is 1.29. The van der Waals surface area contributed by atoms with Gasteiger partial charge in [-0.15, -0.1) is 0 Å². The number of methoxy groups -OCH3 is 1. The van der Waals surface area contributed by atoms with Crippen molar-refractivity contribution in [3.63, 3.8) is 0 Å². The highest BCUT2D eigenvalue weighted by atomic mass is 16.6. The highest BCUT2D eigenvalue weighted by Crippen LogP contribution is 2.18. The van der Waals surface area contributed by atoms with Gasteiger partial charge in [-0.2, -0.15) is 0 Å². The Balaban J connectivity index is 2.61. The van der Waals surface area contributed by atoms with Gasteiger partial charge in [0.2, 0.25) is 0 Å². The third-order valence-electron chi connectivity index (χ3n) is 3.34. The Morgan fingerprint density at radius 3 is 2.35 bits per heavy atom. The van der Waals surface area contributed by atoms with Gasteiger partial charge in [-0.1, -0.05) is 44.2 Å². The third kappa shape index (κ3) is 3.98. The molecule has 5 nitrogen and oxygen atoms in total. The number of benzene rings is 1. The van der Waals surface area contributed by atoms with Gasteiger partial charge in [-0.3, -0.25) is 0 Å². The molecule has 1 atom stereocenters. The molecule has 1 rings (SSSR count). The summed E-state index contributed by atoms with van der Waals surface area (Å²) in [4.78, 5) is 23.6. The minimum atomic E-state index is -1.11. The second-order valence-corrected chi connectivity index (χ2v) is 5.04. The Labute approximate surface area is 119 Å². The van der Waals surface area contributed by atoms with Crippen LogP contribution in [0.15, 0.2) is 30.3 Å². The Kier molecular flexibility index (Phi) is 5.55. The van der Waals surface area contributed by atoms with E-state index in [0.717, 1.165) is 5.56 Å². The molecule has 0 aliphatic heterocycles. The van der Waals surface area contributed by atoms with Gasteiger partial charge in [-0.25, -0.2) is 9.59 Å². The molecular formula is C15H21NO4. The van der Waals surface area contributed by atoms with Crippen LogP contribution in [0, 0.1) is 5.92 Å². The van der Waals surface area contributed by atoms with Gasteiger partial charge in [0.25, 0.3) is 0 Å². The summed E-state index contributed by atoms with van der Waals surface area (Å²) < 4.78 is 9.84. The molecule has 0 aliphatic rings. The number of hydrogen-bond donors (Lipinski definition) is 1. The average molecular weight is 279 g/mol. The summed E-state index contributed by atoms with van der Waals surface area (Å²) in [6.45, 7) is 5.43. The molecule has 0 spiro atoms. The van der Waals surface area contributed by atoms with Crippen LogP contribution >= 0.6 is 0 Å². The van der Waals surface area contributed by atoms with E-state index in [2.05, 4.69) is 5.32 Å². The average Bonchev–Trinajstić information content (AvgIpc) is 2.45. The largest absolute Gasteiger partial charge is 0.467 e. The zero-order valence-electron chi connectivity index (χ0n) is 12.3. The van der Waals surface area contributed by atoms with Crippen molar-refractivity contribution in [2.45, 2.75) is 32.9 Å². The van der Waals surface area contributed by atoms with E-state index in [0.29, 0.717) is 0 Å². The molecule has 0 saturated carbocycles. The molecule has 1 N–H and O–H groups in total. The van der Waals surface area contributed by atoms with Gasteiger partial charge >= 0.3 is 12.1 Å². The molecule has 0 aliphatic carbocycles. The number of hydrogen-bond acceptors (Lipinski definition) is 4. The molecule has 1 aromatic rings. The Hall–Kier alpha value is -2.04. The van der Waals surface area contributed by atoms with Gasteiger partial charge in [0.15, 0.2) is 0 Å². The minimum Gasteiger partial charge on any atom is -0.467 e. The molecule has 0 saturated heterocycles. The predicted molar refractivity (Wildman–Crippen MR) is 75.0 cm³/mol. The Bertz CT molecular complexity index is 458. The van der Waals surface area contributed by atoms with E-state index < -0.39 is 17.6 Å². The summed E-state index contributed by atoms with van der Waals surface area (Å²) in [6, 6.07) is 9.33. The molecule has 0 radical (unpaired) electrons. The van der Waals surface area contributed by atoms with Crippen LogP contribution in [0.5, 0.6) is 0 Å². The molecule has 0 unspecified atom stereocenters. The molecule has 110 valence electrons. The maximum Gasteiger partial charge on any atom is 0.408 e. The minimum absolute atomic E-state index is 0.126. The SMILES string of the molecule is COC(=O)[C@@](C)(NC(=O)OCc1ccccc1)C(C)C. The van der Waals surface area contributed by atoms with E-state index in [1.54, 1.807) is 6.92 Å². The smallest absolute Gasteiger partial charge is 0.408 e. The topological polar surface area (TPSA) is 64.6 Å². The van der Waals surface area contributed by atoms with E-state index in [4.69, 9.17) is 9.47 Å². The van der Waals surface area contributed by atoms with Crippen LogP contribution < -0.4 is 5.32 Å². The van der Waals surface area contributed by atoms with Crippen molar-refractivity contribution in [3.05, 3.63) is 35.9 Å². The zero-order chi connectivity index (χ0) is 15.2. The molecule has 5 heteroatoms. The summed E-state index contributed by atoms with van der Waals surface area (Å²) in [6.07, 6.45) is -0.643. The molecule has 0 bridgehead atoms. The molecular weight excluding hydrogens is 258 g/mol. The maximum absolute atomic E-state index is 11.8. The first-order valence-corrected chi connectivity index (χ1v) is 6.47. The van der Waals surface area contributed by atoms with E-state index in [1.165, 1.54) is 7.11 Å². The fourth-order valence-corrected chi connectivity index (χ4v) is 1.61. The number of rotatable bonds is 5. The Morgan fingerprint density at radius 2 is 1.85 bits per heavy atom. The quantitative estimate of drug-likeness (QED) is 0.841.